The van der Waals surface area contributed by atoms with Gasteiger partial charge < -0.3 is 14.6 Å². The van der Waals surface area contributed by atoms with Gasteiger partial charge in [-0.05, 0) is 0 Å². The second-order valence-electron chi connectivity index (χ2n) is 0.408. The zero-order valence-corrected chi connectivity index (χ0v) is 9.12. The van der Waals surface area contributed by atoms with Crippen LogP contribution in [-0.2, 0) is 15.9 Å². The molecule has 0 bridgehead atoms. The van der Waals surface area contributed by atoms with E-state index in [2.05, 4.69) is 0 Å². The predicted molar refractivity (Wildman–Crippen MR) is 16.9 cm³/mol. The minimum absolute atomic E-state index is 0. The molecule has 0 amide bonds. The Kier molecular flexibility index (Phi) is 25.3. The third-order valence-electron chi connectivity index (χ3n) is 0. The molecule has 0 rings (SSSR count). The molecule has 8 heteroatoms. The molecule has 0 aromatic carbocycles. The monoisotopic (exact) mass is 178 g/mol. The second kappa shape index (κ2) is 9.00. The second-order valence-corrected chi connectivity index (χ2v) is 1.22. The van der Waals surface area contributed by atoms with Crippen molar-refractivity contribution in [3.63, 3.8) is 0 Å². The molecule has 40 valence electrons. The molecule has 5 nitrogen and oxygen atoms in total. The quantitative estimate of drug-likeness (QED) is 0.210. The number of hydrogen-bond acceptors (Lipinski definition) is 4. The summed E-state index contributed by atoms with van der Waals surface area (Å²) in [5.74, 6) is 0. The van der Waals surface area contributed by atoms with Crippen molar-refractivity contribution in [2.45, 2.75) is 0 Å². The zero-order valence-electron chi connectivity index (χ0n) is 4.03. The Morgan fingerprint density at radius 2 is 1.12 bits per heavy atom. The molecular weight excluding hydrogens is 178 g/mol. The summed E-state index contributed by atoms with van der Waals surface area (Å²) < 4.78 is 34.1. The first kappa shape index (κ1) is 22.5. The Morgan fingerprint density at radius 1 is 1.12 bits per heavy atom. The van der Waals surface area contributed by atoms with Crippen molar-refractivity contribution in [1.82, 2.24) is 0 Å². The van der Waals surface area contributed by atoms with Crippen LogP contribution in [0.1, 0.15) is 0 Å². The van der Waals surface area contributed by atoms with E-state index < -0.39 is 10.4 Å². The van der Waals surface area contributed by atoms with E-state index in [-0.39, 0.29) is 74.2 Å². The van der Waals surface area contributed by atoms with Gasteiger partial charge in [0.2, 0.25) is 0 Å². The van der Waals surface area contributed by atoms with Crippen molar-refractivity contribution in [1.29, 1.82) is 0 Å². The Morgan fingerprint density at radius 3 is 1.12 bits per heavy atom. The van der Waals surface area contributed by atoms with Crippen LogP contribution in [0, 0.1) is 0 Å². The van der Waals surface area contributed by atoms with Gasteiger partial charge in [-0.25, -0.2) is 0 Å². The van der Waals surface area contributed by atoms with Gasteiger partial charge in [0.05, 0.1) is 0 Å². The Labute approximate surface area is 100 Å². The summed E-state index contributed by atoms with van der Waals surface area (Å²) >= 11 is 0. The van der Waals surface area contributed by atoms with Crippen molar-refractivity contribution >= 4 is 27.8 Å². The maximum Gasteiger partial charge on any atom is 3.00 e. The van der Waals surface area contributed by atoms with Crippen molar-refractivity contribution < 1.29 is 74.4 Å². The summed E-state index contributed by atoms with van der Waals surface area (Å²) in [5, 5.41) is 0. The Hall–Kier alpha value is 2.00. The third-order valence-corrected chi connectivity index (χ3v) is 0. The number of rotatable bonds is 0. The molecule has 8 heavy (non-hydrogen) atoms. The molecule has 0 aliphatic carbocycles. The van der Waals surface area contributed by atoms with Crippen LogP contribution in [0.2, 0.25) is 0 Å². The predicted octanol–water partition coefficient (Wildman–Crippen LogP) is -4.83. The van der Waals surface area contributed by atoms with Gasteiger partial charge in [0.15, 0.2) is 0 Å². The standard InChI is InChI=1S/Al.K.H2O4S.O/c;;1-5(2,3)4;/h;;(H2,1,2,3,4);/q+3;+1;;-2/p-2. The Bertz CT molecular complexity index is 95.6. The van der Waals surface area contributed by atoms with Crippen molar-refractivity contribution in [2.75, 3.05) is 0 Å². The van der Waals surface area contributed by atoms with Crippen LogP contribution in [0.15, 0.2) is 0 Å². The molecule has 0 unspecified atom stereocenters. The van der Waals surface area contributed by atoms with Gasteiger partial charge in [-0.1, -0.05) is 0 Å². The van der Waals surface area contributed by atoms with Crippen molar-refractivity contribution in [2.24, 2.45) is 0 Å². The molecule has 0 aromatic heterocycles. The molecule has 0 aromatic rings. The normalized spacial score (nSPS) is 7.25. The average Bonchev–Trinajstić information content (AvgIpc) is 0.722. The van der Waals surface area contributed by atoms with Crippen LogP contribution in [-0.4, -0.2) is 34.9 Å². The van der Waals surface area contributed by atoms with Crippen molar-refractivity contribution in [3.05, 3.63) is 0 Å². The fraction of sp³-hybridized carbons (Fsp3) is 0. The largest absolute Gasteiger partial charge is 3.00 e. The van der Waals surface area contributed by atoms with Gasteiger partial charge in [-0.3, -0.25) is 8.42 Å². The van der Waals surface area contributed by atoms with E-state index in [1.807, 2.05) is 0 Å². The molecule has 0 spiro atoms. The maximum absolute atomic E-state index is 8.52. The first-order chi connectivity index (χ1) is 2.00. The first-order valence-corrected chi connectivity index (χ1v) is 2.00. The fourth-order valence-corrected chi connectivity index (χ4v) is 0. The summed E-state index contributed by atoms with van der Waals surface area (Å²) in [4.78, 5) is 0. The van der Waals surface area contributed by atoms with Gasteiger partial charge in [-0.15, -0.1) is 0 Å². The molecular formula is AlKO5S. The summed E-state index contributed by atoms with van der Waals surface area (Å²) in [7, 11) is -5.17. The molecule has 0 N–H and O–H groups in total. The van der Waals surface area contributed by atoms with E-state index >= 15 is 0 Å². The fourth-order valence-electron chi connectivity index (χ4n) is 0. The summed E-state index contributed by atoms with van der Waals surface area (Å²) in [5.41, 5.74) is 0. The molecule has 0 atom stereocenters. The van der Waals surface area contributed by atoms with Crippen LogP contribution in [0.3, 0.4) is 0 Å². The van der Waals surface area contributed by atoms with Crippen LogP contribution >= 0.6 is 0 Å². The maximum atomic E-state index is 8.52. The van der Waals surface area contributed by atoms with E-state index in [1.54, 1.807) is 0 Å². The minimum Gasteiger partial charge on any atom is -2.00 e. The third kappa shape index (κ3) is 98.1. The Balaban J connectivity index is -0.0000000267. The van der Waals surface area contributed by atoms with Crippen LogP contribution < -0.4 is 51.4 Å². The minimum atomic E-state index is -5.17. The van der Waals surface area contributed by atoms with Gasteiger partial charge >= 0.3 is 68.7 Å². The number of hydrogen-bond donors (Lipinski definition) is 0. The smallest absolute Gasteiger partial charge is 2.00 e. The van der Waals surface area contributed by atoms with Crippen LogP contribution in [0.5, 0.6) is 0 Å². The molecule has 0 aliphatic rings. The molecule has 0 fully saturated rings. The topological polar surface area (TPSA) is 109 Å². The van der Waals surface area contributed by atoms with Gasteiger partial charge in [0.1, 0.15) is 0 Å². The first-order valence-electron chi connectivity index (χ1n) is 0.667. The molecule has 0 radical (unpaired) electrons. The van der Waals surface area contributed by atoms with E-state index in [4.69, 9.17) is 17.5 Å². The summed E-state index contributed by atoms with van der Waals surface area (Å²) in [6, 6.07) is 0. The summed E-state index contributed by atoms with van der Waals surface area (Å²) in [6.07, 6.45) is 0. The van der Waals surface area contributed by atoms with Gasteiger partial charge in [0, 0.05) is 10.4 Å². The van der Waals surface area contributed by atoms with E-state index in [0.29, 0.717) is 0 Å². The van der Waals surface area contributed by atoms with Gasteiger partial charge in [0.25, 0.3) is 0 Å². The molecule has 0 heterocycles. The van der Waals surface area contributed by atoms with Gasteiger partial charge in [-0.2, -0.15) is 0 Å². The van der Waals surface area contributed by atoms with Crippen LogP contribution in [0.25, 0.3) is 0 Å². The average molecular weight is 178 g/mol. The van der Waals surface area contributed by atoms with Crippen molar-refractivity contribution in [3.8, 4) is 0 Å². The molecule has 0 aliphatic heterocycles. The van der Waals surface area contributed by atoms with E-state index in [1.165, 1.54) is 0 Å². The summed E-state index contributed by atoms with van der Waals surface area (Å²) in [6.45, 7) is 0. The van der Waals surface area contributed by atoms with E-state index in [0.717, 1.165) is 0 Å². The molecule has 0 saturated heterocycles. The van der Waals surface area contributed by atoms with Crippen LogP contribution in [0.4, 0.5) is 0 Å². The molecule has 0 saturated carbocycles. The zero-order chi connectivity index (χ0) is 4.50. The van der Waals surface area contributed by atoms with E-state index in [9.17, 15) is 0 Å². The SMILES string of the molecule is O=S(=O)([O-])[O-].[Al+3].[K+].[O-2].